The van der Waals surface area contributed by atoms with Crippen molar-refractivity contribution >= 4 is 0 Å². The molecule has 0 spiro atoms. The monoisotopic (exact) mass is 211 g/mol. The Morgan fingerprint density at radius 2 is 2.13 bits per heavy atom. The first-order valence-corrected chi connectivity index (χ1v) is 6.20. The number of ether oxygens (including phenoxy) is 1. The van der Waals surface area contributed by atoms with Crippen LogP contribution >= 0.6 is 0 Å². The van der Waals surface area contributed by atoms with Gasteiger partial charge in [0.2, 0.25) is 0 Å². The molecule has 0 aromatic heterocycles. The molecule has 0 bridgehead atoms. The first-order valence-electron chi connectivity index (χ1n) is 6.20. The van der Waals surface area contributed by atoms with Crippen LogP contribution in [0.2, 0.25) is 0 Å². The Hall–Kier alpha value is -0.500. The molecule has 1 aliphatic rings. The van der Waals surface area contributed by atoms with E-state index in [9.17, 15) is 0 Å². The lowest BCUT2D eigenvalue weighted by molar-refractivity contribution is 0.213. The van der Waals surface area contributed by atoms with E-state index in [4.69, 9.17) is 4.74 Å². The second-order valence-electron chi connectivity index (χ2n) is 4.81. The summed E-state index contributed by atoms with van der Waals surface area (Å²) >= 11 is 0. The standard InChI is InChI=1S/C13H25NO/c1-4-15-9-5-8-14-13-7-6-11(2)12(3)10-13/h4,11-14H,1,5-10H2,2-3H3. The summed E-state index contributed by atoms with van der Waals surface area (Å²) < 4.78 is 5.08. The van der Waals surface area contributed by atoms with E-state index < -0.39 is 0 Å². The summed E-state index contributed by atoms with van der Waals surface area (Å²) in [5, 5.41) is 3.62. The van der Waals surface area contributed by atoms with Gasteiger partial charge in [0, 0.05) is 6.04 Å². The molecule has 88 valence electrons. The molecular weight excluding hydrogens is 186 g/mol. The number of rotatable bonds is 6. The summed E-state index contributed by atoms with van der Waals surface area (Å²) in [5.74, 6) is 1.79. The van der Waals surface area contributed by atoms with Gasteiger partial charge >= 0.3 is 0 Å². The summed E-state index contributed by atoms with van der Waals surface area (Å²) in [5.41, 5.74) is 0. The Balaban J connectivity index is 2.04. The molecule has 0 saturated heterocycles. The van der Waals surface area contributed by atoms with Crippen LogP contribution in [0, 0.1) is 11.8 Å². The van der Waals surface area contributed by atoms with Crippen LogP contribution in [0.15, 0.2) is 12.8 Å². The molecular formula is C13H25NO. The van der Waals surface area contributed by atoms with Crippen LogP contribution in [0.1, 0.15) is 39.5 Å². The van der Waals surface area contributed by atoms with Crippen LogP contribution in [0.4, 0.5) is 0 Å². The SMILES string of the molecule is C=COCCCNC1CCC(C)C(C)C1. The average Bonchev–Trinajstić information content (AvgIpc) is 2.23. The van der Waals surface area contributed by atoms with E-state index in [-0.39, 0.29) is 0 Å². The van der Waals surface area contributed by atoms with Crippen molar-refractivity contribution in [2.24, 2.45) is 11.8 Å². The zero-order valence-electron chi connectivity index (χ0n) is 10.2. The lowest BCUT2D eigenvalue weighted by atomic mass is 9.79. The predicted octanol–water partition coefficient (Wildman–Crippen LogP) is 2.95. The van der Waals surface area contributed by atoms with E-state index >= 15 is 0 Å². The van der Waals surface area contributed by atoms with Gasteiger partial charge in [0.1, 0.15) is 0 Å². The molecule has 0 aromatic carbocycles. The van der Waals surface area contributed by atoms with E-state index in [1.54, 1.807) is 0 Å². The highest BCUT2D eigenvalue weighted by Crippen LogP contribution is 2.29. The fourth-order valence-electron chi connectivity index (χ4n) is 2.28. The molecule has 0 amide bonds. The zero-order valence-corrected chi connectivity index (χ0v) is 10.2. The summed E-state index contributed by atoms with van der Waals surface area (Å²) in [4.78, 5) is 0. The first-order chi connectivity index (χ1) is 7.24. The number of hydrogen-bond donors (Lipinski definition) is 1. The maximum Gasteiger partial charge on any atom is 0.0885 e. The largest absolute Gasteiger partial charge is 0.502 e. The third-order valence-electron chi connectivity index (χ3n) is 3.59. The molecule has 0 aromatic rings. The van der Waals surface area contributed by atoms with Gasteiger partial charge in [-0.1, -0.05) is 20.4 Å². The summed E-state index contributed by atoms with van der Waals surface area (Å²) in [6.07, 6.45) is 6.65. The van der Waals surface area contributed by atoms with Gasteiger partial charge in [-0.2, -0.15) is 0 Å². The van der Waals surface area contributed by atoms with E-state index in [1.165, 1.54) is 25.5 Å². The van der Waals surface area contributed by atoms with E-state index in [0.29, 0.717) is 0 Å². The molecule has 3 unspecified atom stereocenters. The third-order valence-corrected chi connectivity index (χ3v) is 3.59. The molecule has 1 fully saturated rings. The molecule has 1 rings (SSSR count). The number of nitrogens with one attached hydrogen (secondary N) is 1. The highest BCUT2D eigenvalue weighted by molar-refractivity contribution is 4.79. The van der Waals surface area contributed by atoms with Crippen molar-refractivity contribution in [1.82, 2.24) is 5.32 Å². The minimum absolute atomic E-state index is 0.736. The first kappa shape index (κ1) is 12.6. The van der Waals surface area contributed by atoms with Gasteiger partial charge in [-0.3, -0.25) is 0 Å². The lowest BCUT2D eigenvalue weighted by Crippen LogP contribution is -2.36. The highest BCUT2D eigenvalue weighted by atomic mass is 16.5. The maximum absolute atomic E-state index is 5.08. The van der Waals surface area contributed by atoms with E-state index in [0.717, 1.165) is 37.5 Å². The summed E-state index contributed by atoms with van der Waals surface area (Å²) in [6, 6.07) is 0.736. The second kappa shape index (κ2) is 6.89. The van der Waals surface area contributed by atoms with Crippen molar-refractivity contribution < 1.29 is 4.74 Å². The van der Waals surface area contributed by atoms with Crippen molar-refractivity contribution in [2.45, 2.75) is 45.6 Å². The normalized spacial score (nSPS) is 31.2. The lowest BCUT2D eigenvalue weighted by Gasteiger charge is -2.32. The third kappa shape index (κ3) is 4.70. The molecule has 1 aliphatic carbocycles. The molecule has 1 saturated carbocycles. The minimum atomic E-state index is 0.736. The quantitative estimate of drug-likeness (QED) is 0.539. The van der Waals surface area contributed by atoms with Crippen LogP contribution in [0.25, 0.3) is 0 Å². The topological polar surface area (TPSA) is 21.3 Å². The summed E-state index contributed by atoms with van der Waals surface area (Å²) in [7, 11) is 0. The number of hydrogen-bond acceptors (Lipinski definition) is 2. The Morgan fingerprint density at radius 3 is 2.80 bits per heavy atom. The van der Waals surface area contributed by atoms with Gasteiger partial charge in [-0.05, 0) is 44.1 Å². The van der Waals surface area contributed by atoms with Gasteiger partial charge < -0.3 is 10.1 Å². The van der Waals surface area contributed by atoms with Gasteiger partial charge in [0.05, 0.1) is 12.9 Å². The zero-order chi connectivity index (χ0) is 11.1. The second-order valence-corrected chi connectivity index (χ2v) is 4.81. The highest BCUT2D eigenvalue weighted by Gasteiger charge is 2.23. The molecule has 2 nitrogen and oxygen atoms in total. The molecule has 0 aliphatic heterocycles. The smallest absolute Gasteiger partial charge is 0.0885 e. The van der Waals surface area contributed by atoms with E-state index in [1.807, 2.05) is 0 Å². The Bertz CT molecular complexity index is 181. The fourth-order valence-corrected chi connectivity index (χ4v) is 2.28. The average molecular weight is 211 g/mol. The van der Waals surface area contributed by atoms with Gasteiger partial charge in [0.15, 0.2) is 0 Å². The Kier molecular flexibility index (Phi) is 5.77. The van der Waals surface area contributed by atoms with Crippen LogP contribution in [-0.2, 0) is 4.74 Å². The molecule has 2 heteroatoms. The van der Waals surface area contributed by atoms with Crippen molar-refractivity contribution in [2.75, 3.05) is 13.2 Å². The predicted molar refractivity (Wildman–Crippen MR) is 64.7 cm³/mol. The Labute approximate surface area is 94.1 Å². The Morgan fingerprint density at radius 1 is 1.33 bits per heavy atom. The van der Waals surface area contributed by atoms with Crippen LogP contribution in [0.5, 0.6) is 0 Å². The molecule has 3 atom stereocenters. The van der Waals surface area contributed by atoms with Gasteiger partial charge in [-0.15, -0.1) is 0 Å². The maximum atomic E-state index is 5.08. The minimum Gasteiger partial charge on any atom is -0.502 e. The van der Waals surface area contributed by atoms with Crippen molar-refractivity contribution in [3.63, 3.8) is 0 Å². The van der Waals surface area contributed by atoms with E-state index in [2.05, 4.69) is 25.7 Å². The van der Waals surface area contributed by atoms with Gasteiger partial charge in [-0.25, -0.2) is 0 Å². The fraction of sp³-hybridized carbons (Fsp3) is 0.846. The van der Waals surface area contributed by atoms with Crippen molar-refractivity contribution in [3.8, 4) is 0 Å². The van der Waals surface area contributed by atoms with Crippen LogP contribution in [0.3, 0.4) is 0 Å². The molecule has 15 heavy (non-hydrogen) atoms. The van der Waals surface area contributed by atoms with Crippen molar-refractivity contribution in [1.29, 1.82) is 0 Å². The van der Waals surface area contributed by atoms with Gasteiger partial charge in [0.25, 0.3) is 0 Å². The summed E-state index contributed by atoms with van der Waals surface area (Å²) in [6.45, 7) is 10.1. The van der Waals surface area contributed by atoms with Crippen LogP contribution < -0.4 is 5.32 Å². The molecule has 0 heterocycles. The molecule has 1 N–H and O–H groups in total. The van der Waals surface area contributed by atoms with Crippen LogP contribution in [-0.4, -0.2) is 19.2 Å². The van der Waals surface area contributed by atoms with Crippen molar-refractivity contribution in [3.05, 3.63) is 12.8 Å². The molecule has 0 radical (unpaired) electrons.